The van der Waals surface area contributed by atoms with Crippen LogP contribution in [0.2, 0.25) is 5.02 Å². The van der Waals surface area contributed by atoms with E-state index in [4.69, 9.17) is 11.6 Å². The number of benzene rings is 1. The summed E-state index contributed by atoms with van der Waals surface area (Å²) in [4.78, 5) is 12.4. The molecule has 4 heteroatoms. The van der Waals surface area contributed by atoms with E-state index in [1.54, 1.807) is 0 Å². The van der Waals surface area contributed by atoms with Crippen LogP contribution in [0, 0.1) is 24.7 Å². The van der Waals surface area contributed by atoms with Gasteiger partial charge in [-0.25, -0.2) is 0 Å². The van der Waals surface area contributed by atoms with Gasteiger partial charge in [0.15, 0.2) is 0 Å². The third kappa shape index (κ3) is 2.55. The summed E-state index contributed by atoms with van der Waals surface area (Å²) in [5.41, 5.74) is 1.79. The van der Waals surface area contributed by atoms with Gasteiger partial charge < -0.3 is 5.32 Å². The Morgan fingerprint density at radius 3 is 2.79 bits per heavy atom. The Hall–Kier alpha value is -0.540. The Balaban J connectivity index is 1.75. The molecule has 2 nitrogen and oxygen atoms in total. The maximum Gasteiger partial charge on any atom is 0.227 e. The van der Waals surface area contributed by atoms with E-state index < -0.39 is 0 Å². The van der Waals surface area contributed by atoms with Gasteiger partial charge in [-0.1, -0.05) is 18.0 Å². The third-order valence-corrected chi connectivity index (χ3v) is 5.64. The van der Waals surface area contributed by atoms with Crippen LogP contribution in [0.4, 0.5) is 5.69 Å². The molecule has 0 heterocycles. The summed E-state index contributed by atoms with van der Waals surface area (Å²) in [6.45, 7) is 1.95. The van der Waals surface area contributed by atoms with Crippen molar-refractivity contribution in [3.8, 4) is 0 Å². The van der Waals surface area contributed by atoms with Gasteiger partial charge in [0, 0.05) is 15.4 Å². The van der Waals surface area contributed by atoms with E-state index in [-0.39, 0.29) is 11.8 Å². The SMILES string of the molecule is Cc1cc(Br)c(NC(=O)C2CC3CCC2C3)cc1Cl. The van der Waals surface area contributed by atoms with Gasteiger partial charge in [-0.3, -0.25) is 4.79 Å². The van der Waals surface area contributed by atoms with Crippen LogP contribution in [0.15, 0.2) is 16.6 Å². The Kier molecular flexibility index (Phi) is 3.61. The molecule has 2 fully saturated rings. The van der Waals surface area contributed by atoms with Crippen molar-refractivity contribution in [3.63, 3.8) is 0 Å². The number of fused-ring (bicyclic) bond motifs is 2. The monoisotopic (exact) mass is 341 g/mol. The summed E-state index contributed by atoms with van der Waals surface area (Å²) < 4.78 is 0.894. The van der Waals surface area contributed by atoms with Crippen LogP contribution < -0.4 is 5.32 Å². The summed E-state index contributed by atoms with van der Waals surface area (Å²) in [6, 6.07) is 3.77. The highest BCUT2D eigenvalue weighted by molar-refractivity contribution is 9.10. The molecule has 1 N–H and O–H groups in total. The van der Waals surface area contributed by atoms with Crippen molar-refractivity contribution < 1.29 is 4.79 Å². The fourth-order valence-corrected chi connectivity index (χ4v) is 4.25. The van der Waals surface area contributed by atoms with E-state index in [0.717, 1.165) is 28.1 Å². The number of anilines is 1. The predicted octanol–water partition coefficient (Wildman–Crippen LogP) is 4.79. The maximum atomic E-state index is 12.4. The molecule has 3 atom stereocenters. The highest BCUT2D eigenvalue weighted by Crippen LogP contribution is 2.48. The zero-order valence-corrected chi connectivity index (χ0v) is 13.2. The van der Waals surface area contributed by atoms with Crippen molar-refractivity contribution >= 4 is 39.1 Å². The first kappa shape index (κ1) is 13.4. The third-order valence-electron chi connectivity index (χ3n) is 4.58. The molecule has 3 rings (SSSR count). The average Bonchev–Trinajstić information content (AvgIpc) is 2.98. The lowest BCUT2D eigenvalue weighted by Gasteiger charge is -2.21. The largest absolute Gasteiger partial charge is 0.325 e. The van der Waals surface area contributed by atoms with Crippen LogP contribution >= 0.6 is 27.5 Å². The summed E-state index contributed by atoms with van der Waals surface area (Å²) in [6.07, 6.45) is 4.84. The van der Waals surface area contributed by atoms with E-state index >= 15 is 0 Å². The number of carbonyl (C=O) groups is 1. The molecule has 0 saturated heterocycles. The first-order chi connectivity index (χ1) is 9.04. The topological polar surface area (TPSA) is 29.1 Å². The molecule has 19 heavy (non-hydrogen) atoms. The van der Waals surface area contributed by atoms with Crippen LogP contribution in [0.1, 0.15) is 31.2 Å². The Morgan fingerprint density at radius 1 is 1.37 bits per heavy atom. The molecule has 2 aliphatic carbocycles. The number of carbonyl (C=O) groups excluding carboxylic acids is 1. The van der Waals surface area contributed by atoms with Gasteiger partial charge in [-0.05, 0) is 71.6 Å². The van der Waals surface area contributed by atoms with Crippen molar-refractivity contribution in [3.05, 3.63) is 27.2 Å². The minimum absolute atomic E-state index is 0.160. The van der Waals surface area contributed by atoms with E-state index in [0.29, 0.717) is 10.9 Å². The number of hydrogen-bond donors (Lipinski definition) is 1. The standard InChI is InChI=1S/C15H17BrClNO/c1-8-4-12(16)14(7-13(8)17)18-15(19)11-6-9-2-3-10(11)5-9/h4,7,9-11H,2-3,5-6H2,1H3,(H,18,19). The predicted molar refractivity (Wildman–Crippen MR) is 81.5 cm³/mol. The van der Waals surface area contributed by atoms with Gasteiger partial charge in [0.05, 0.1) is 5.69 Å². The van der Waals surface area contributed by atoms with E-state index in [1.165, 1.54) is 19.3 Å². The second kappa shape index (κ2) is 5.10. The Bertz CT molecular complexity index is 531. The number of nitrogens with one attached hydrogen (secondary N) is 1. The molecule has 2 saturated carbocycles. The van der Waals surface area contributed by atoms with E-state index in [9.17, 15) is 4.79 Å². The molecule has 2 bridgehead atoms. The molecule has 1 aromatic carbocycles. The van der Waals surface area contributed by atoms with Crippen molar-refractivity contribution in [2.24, 2.45) is 17.8 Å². The molecule has 1 amide bonds. The molecular formula is C15H17BrClNO. The second-order valence-corrected chi connectivity index (χ2v) is 7.11. The molecule has 0 aromatic heterocycles. The fraction of sp³-hybridized carbons (Fsp3) is 0.533. The van der Waals surface area contributed by atoms with Crippen LogP contribution in [-0.2, 0) is 4.79 Å². The van der Waals surface area contributed by atoms with Gasteiger partial charge in [0.2, 0.25) is 5.91 Å². The zero-order valence-electron chi connectivity index (χ0n) is 10.9. The second-order valence-electron chi connectivity index (χ2n) is 5.85. The summed E-state index contributed by atoms with van der Waals surface area (Å²) in [7, 11) is 0. The Labute approximate surface area is 127 Å². The highest BCUT2D eigenvalue weighted by atomic mass is 79.9. The van der Waals surface area contributed by atoms with Crippen molar-refractivity contribution in [1.82, 2.24) is 0 Å². The quantitative estimate of drug-likeness (QED) is 0.823. The summed E-state index contributed by atoms with van der Waals surface area (Å²) >= 11 is 9.61. The van der Waals surface area contributed by atoms with Crippen LogP contribution in [-0.4, -0.2) is 5.91 Å². The van der Waals surface area contributed by atoms with E-state index in [1.807, 2.05) is 19.1 Å². The lowest BCUT2D eigenvalue weighted by molar-refractivity contribution is -0.121. The molecule has 102 valence electrons. The zero-order chi connectivity index (χ0) is 13.6. The molecule has 0 spiro atoms. The highest BCUT2D eigenvalue weighted by Gasteiger charge is 2.43. The van der Waals surface area contributed by atoms with Gasteiger partial charge in [0.1, 0.15) is 0 Å². The van der Waals surface area contributed by atoms with Crippen molar-refractivity contribution in [2.75, 3.05) is 5.32 Å². The number of amides is 1. The lowest BCUT2D eigenvalue weighted by atomic mass is 9.88. The van der Waals surface area contributed by atoms with Gasteiger partial charge in [-0.2, -0.15) is 0 Å². The minimum Gasteiger partial charge on any atom is -0.325 e. The fourth-order valence-electron chi connectivity index (χ4n) is 3.53. The van der Waals surface area contributed by atoms with Crippen LogP contribution in [0.25, 0.3) is 0 Å². The minimum atomic E-state index is 0.160. The molecular weight excluding hydrogens is 326 g/mol. The average molecular weight is 343 g/mol. The molecule has 3 unspecified atom stereocenters. The molecule has 1 aromatic rings. The number of rotatable bonds is 2. The summed E-state index contributed by atoms with van der Waals surface area (Å²) in [5.74, 6) is 1.74. The van der Waals surface area contributed by atoms with Crippen molar-refractivity contribution in [2.45, 2.75) is 32.6 Å². The number of halogens is 2. The Morgan fingerprint density at radius 2 is 2.16 bits per heavy atom. The number of hydrogen-bond acceptors (Lipinski definition) is 1. The number of aryl methyl sites for hydroxylation is 1. The van der Waals surface area contributed by atoms with E-state index in [2.05, 4.69) is 21.2 Å². The van der Waals surface area contributed by atoms with Gasteiger partial charge in [-0.15, -0.1) is 0 Å². The molecule has 0 aliphatic heterocycles. The molecule has 0 radical (unpaired) electrons. The van der Waals surface area contributed by atoms with Crippen LogP contribution in [0.3, 0.4) is 0 Å². The lowest BCUT2D eigenvalue weighted by Crippen LogP contribution is -2.27. The normalized spacial score (nSPS) is 28.7. The smallest absolute Gasteiger partial charge is 0.227 e. The first-order valence-electron chi connectivity index (χ1n) is 6.81. The maximum absolute atomic E-state index is 12.4. The van der Waals surface area contributed by atoms with Gasteiger partial charge in [0.25, 0.3) is 0 Å². The van der Waals surface area contributed by atoms with Crippen molar-refractivity contribution in [1.29, 1.82) is 0 Å². The molecule has 2 aliphatic rings. The first-order valence-corrected chi connectivity index (χ1v) is 7.98. The van der Waals surface area contributed by atoms with Crippen LogP contribution in [0.5, 0.6) is 0 Å². The van der Waals surface area contributed by atoms with Gasteiger partial charge >= 0.3 is 0 Å². The summed E-state index contributed by atoms with van der Waals surface area (Å²) in [5, 5.41) is 3.72.